The van der Waals surface area contributed by atoms with Crippen molar-refractivity contribution in [2.24, 2.45) is 0 Å². The van der Waals surface area contributed by atoms with E-state index in [1.807, 2.05) is 29.2 Å². The van der Waals surface area contributed by atoms with E-state index >= 15 is 0 Å². The van der Waals surface area contributed by atoms with E-state index in [0.717, 1.165) is 33.2 Å². The number of para-hydroxylation sites is 1. The minimum Gasteiger partial charge on any atom is -0.344 e. The molecule has 3 aromatic heterocycles. The van der Waals surface area contributed by atoms with E-state index < -0.39 is 0 Å². The molecular formula is C21H20N6O2S. The topological polar surface area (TPSA) is 95.1 Å². The average Bonchev–Trinajstić information content (AvgIpc) is 3.48. The van der Waals surface area contributed by atoms with Gasteiger partial charge in [0.25, 0.3) is 11.8 Å². The van der Waals surface area contributed by atoms with Gasteiger partial charge in [-0.2, -0.15) is 5.10 Å². The van der Waals surface area contributed by atoms with Crippen LogP contribution in [-0.4, -0.2) is 69.0 Å². The lowest BCUT2D eigenvalue weighted by Gasteiger charge is -2.17. The molecule has 1 saturated heterocycles. The average molecular weight is 420 g/mol. The molecule has 1 aromatic carbocycles. The van der Waals surface area contributed by atoms with Crippen LogP contribution in [-0.2, 0) is 0 Å². The SMILES string of the molecule is CN(C)C(=O)c1sc2nccnc2c1C1CCN(C(=O)c2n[nH]c3ccccc23)C1. The second-order valence-corrected chi connectivity index (χ2v) is 8.61. The molecule has 8 nitrogen and oxygen atoms in total. The molecule has 4 aromatic rings. The quantitative estimate of drug-likeness (QED) is 0.550. The Bertz CT molecular complexity index is 1280. The summed E-state index contributed by atoms with van der Waals surface area (Å²) >= 11 is 1.37. The normalized spacial score (nSPS) is 16.5. The molecule has 0 bridgehead atoms. The summed E-state index contributed by atoms with van der Waals surface area (Å²) in [4.78, 5) is 39.7. The van der Waals surface area contributed by atoms with Crippen molar-refractivity contribution >= 4 is 44.4 Å². The van der Waals surface area contributed by atoms with Crippen molar-refractivity contribution in [2.75, 3.05) is 27.2 Å². The molecule has 9 heteroatoms. The number of nitrogens with one attached hydrogen (secondary N) is 1. The van der Waals surface area contributed by atoms with E-state index in [2.05, 4.69) is 20.2 Å². The van der Waals surface area contributed by atoms with Crippen molar-refractivity contribution < 1.29 is 9.59 Å². The number of carbonyl (C=O) groups is 2. The lowest BCUT2D eigenvalue weighted by atomic mass is 9.97. The predicted octanol–water partition coefficient (Wildman–Crippen LogP) is 2.90. The maximum absolute atomic E-state index is 13.2. The number of amides is 2. The van der Waals surface area contributed by atoms with Crippen molar-refractivity contribution in [1.82, 2.24) is 30.0 Å². The van der Waals surface area contributed by atoms with Crippen molar-refractivity contribution in [2.45, 2.75) is 12.3 Å². The summed E-state index contributed by atoms with van der Waals surface area (Å²) in [6.45, 7) is 1.13. The molecule has 1 aliphatic rings. The number of aromatic amines is 1. The molecule has 4 heterocycles. The van der Waals surface area contributed by atoms with Crippen molar-refractivity contribution in [3.63, 3.8) is 0 Å². The molecular weight excluding hydrogens is 400 g/mol. The van der Waals surface area contributed by atoms with Crippen LogP contribution in [0.15, 0.2) is 36.7 Å². The van der Waals surface area contributed by atoms with E-state index in [9.17, 15) is 9.59 Å². The molecule has 0 spiro atoms. The van der Waals surface area contributed by atoms with E-state index in [1.165, 1.54) is 11.3 Å². The number of fused-ring (bicyclic) bond motifs is 2. The number of H-pyrrole nitrogens is 1. The highest BCUT2D eigenvalue weighted by molar-refractivity contribution is 7.20. The Morgan fingerprint density at radius 3 is 2.83 bits per heavy atom. The van der Waals surface area contributed by atoms with Gasteiger partial charge in [0, 0.05) is 56.4 Å². The first-order valence-electron chi connectivity index (χ1n) is 9.72. The van der Waals surface area contributed by atoms with Crippen LogP contribution >= 0.6 is 11.3 Å². The minimum atomic E-state index is -0.0962. The van der Waals surface area contributed by atoms with E-state index in [4.69, 9.17) is 0 Å². The number of nitrogens with zero attached hydrogens (tertiary/aromatic N) is 5. The Labute approximate surface area is 176 Å². The van der Waals surface area contributed by atoms with Gasteiger partial charge in [0.1, 0.15) is 10.3 Å². The number of carbonyl (C=O) groups excluding carboxylic acids is 2. The first kappa shape index (κ1) is 18.7. The summed E-state index contributed by atoms with van der Waals surface area (Å²) in [5.41, 5.74) is 2.95. The lowest BCUT2D eigenvalue weighted by Crippen LogP contribution is -2.29. The van der Waals surface area contributed by atoms with Crippen LogP contribution in [0.5, 0.6) is 0 Å². The number of hydrogen-bond donors (Lipinski definition) is 1. The fourth-order valence-corrected chi connectivity index (χ4v) is 5.25. The zero-order valence-corrected chi connectivity index (χ0v) is 17.4. The monoisotopic (exact) mass is 420 g/mol. The minimum absolute atomic E-state index is 0.0310. The van der Waals surface area contributed by atoms with E-state index in [1.54, 1.807) is 31.4 Å². The molecule has 1 fully saturated rings. The molecule has 1 atom stereocenters. The number of benzene rings is 1. The van der Waals surface area contributed by atoms with Gasteiger partial charge < -0.3 is 9.80 Å². The number of rotatable bonds is 3. The summed E-state index contributed by atoms with van der Waals surface area (Å²) in [5, 5.41) is 8.00. The fourth-order valence-electron chi connectivity index (χ4n) is 4.04. The van der Waals surface area contributed by atoms with Gasteiger partial charge in [0.05, 0.1) is 10.4 Å². The Balaban J connectivity index is 1.49. The maximum Gasteiger partial charge on any atom is 0.275 e. The van der Waals surface area contributed by atoms with Gasteiger partial charge in [-0.05, 0) is 12.5 Å². The van der Waals surface area contributed by atoms with Crippen LogP contribution in [0.3, 0.4) is 0 Å². The van der Waals surface area contributed by atoms with Crippen molar-refractivity contribution in [3.05, 3.63) is 52.8 Å². The molecule has 2 amide bonds. The van der Waals surface area contributed by atoms with Crippen LogP contribution in [0.4, 0.5) is 0 Å². The molecule has 152 valence electrons. The Morgan fingerprint density at radius 1 is 1.20 bits per heavy atom. The number of likely N-dealkylation sites (tertiary alicyclic amines) is 1. The van der Waals surface area contributed by atoms with Crippen LogP contribution in [0, 0.1) is 0 Å². The lowest BCUT2D eigenvalue weighted by molar-refractivity contribution is 0.0786. The third-order valence-corrected chi connectivity index (χ3v) is 6.61. The van der Waals surface area contributed by atoms with Crippen molar-refractivity contribution in [1.29, 1.82) is 0 Å². The Morgan fingerprint density at radius 2 is 2.00 bits per heavy atom. The molecule has 0 saturated carbocycles. The van der Waals surface area contributed by atoms with Gasteiger partial charge in [-0.3, -0.25) is 19.7 Å². The van der Waals surface area contributed by atoms with Gasteiger partial charge in [-0.1, -0.05) is 18.2 Å². The van der Waals surface area contributed by atoms with E-state index in [0.29, 0.717) is 23.7 Å². The van der Waals surface area contributed by atoms with E-state index in [-0.39, 0.29) is 17.7 Å². The number of aromatic nitrogens is 4. The van der Waals surface area contributed by atoms with Crippen LogP contribution in [0.1, 0.15) is 38.1 Å². The molecule has 0 radical (unpaired) electrons. The first-order valence-corrected chi connectivity index (χ1v) is 10.5. The second-order valence-electron chi connectivity index (χ2n) is 7.61. The van der Waals surface area contributed by atoms with Gasteiger partial charge in [0.15, 0.2) is 5.69 Å². The van der Waals surface area contributed by atoms with Crippen molar-refractivity contribution in [3.8, 4) is 0 Å². The fraction of sp³-hybridized carbons (Fsp3) is 0.286. The molecule has 5 rings (SSSR count). The molecule has 1 unspecified atom stereocenters. The van der Waals surface area contributed by atoms with Crippen LogP contribution in [0.25, 0.3) is 21.3 Å². The highest BCUT2D eigenvalue weighted by Gasteiger charge is 2.35. The van der Waals surface area contributed by atoms with Gasteiger partial charge in [-0.25, -0.2) is 4.98 Å². The zero-order valence-electron chi connectivity index (χ0n) is 16.6. The zero-order chi connectivity index (χ0) is 20.8. The number of thiophene rings is 1. The summed E-state index contributed by atoms with van der Waals surface area (Å²) in [6, 6.07) is 7.61. The third kappa shape index (κ3) is 2.93. The summed E-state index contributed by atoms with van der Waals surface area (Å²) in [5.74, 6) is -0.123. The standard InChI is InChI=1S/C21H20N6O2S/c1-26(2)21(29)18-15(17-19(30-18)23-9-8-22-17)12-7-10-27(11-12)20(28)16-13-5-3-4-6-14(13)24-25-16/h3-6,8-9,12H,7,10-11H2,1-2H3,(H,24,25). The molecule has 1 aliphatic heterocycles. The predicted molar refractivity (Wildman–Crippen MR) is 115 cm³/mol. The molecule has 30 heavy (non-hydrogen) atoms. The summed E-state index contributed by atoms with van der Waals surface area (Å²) < 4.78 is 0. The summed E-state index contributed by atoms with van der Waals surface area (Å²) in [6.07, 6.45) is 4.06. The molecule has 0 aliphatic carbocycles. The Kier molecular flexibility index (Phi) is 4.47. The van der Waals surface area contributed by atoms with Gasteiger partial charge in [-0.15, -0.1) is 11.3 Å². The summed E-state index contributed by atoms with van der Waals surface area (Å²) in [7, 11) is 3.48. The third-order valence-electron chi connectivity index (χ3n) is 5.52. The largest absolute Gasteiger partial charge is 0.344 e. The first-order chi connectivity index (χ1) is 14.5. The van der Waals surface area contributed by atoms with Crippen LogP contribution in [0.2, 0.25) is 0 Å². The highest BCUT2D eigenvalue weighted by atomic mass is 32.1. The maximum atomic E-state index is 13.2. The van der Waals surface area contributed by atoms with Gasteiger partial charge >= 0.3 is 0 Å². The Hall–Kier alpha value is -3.33. The molecule has 1 N–H and O–H groups in total. The number of hydrogen-bond acceptors (Lipinski definition) is 6. The van der Waals surface area contributed by atoms with Gasteiger partial charge in [0.2, 0.25) is 0 Å². The van der Waals surface area contributed by atoms with Crippen LogP contribution < -0.4 is 0 Å². The highest BCUT2D eigenvalue weighted by Crippen LogP contribution is 2.39. The smallest absolute Gasteiger partial charge is 0.275 e. The second kappa shape index (κ2) is 7.17.